The molecule has 1 aliphatic rings. The van der Waals surface area contributed by atoms with Gasteiger partial charge in [0.05, 0.1) is 12.3 Å². The van der Waals surface area contributed by atoms with Crippen LogP contribution in [-0.2, 0) is 16.4 Å². The normalized spacial score (nSPS) is 17.2. The van der Waals surface area contributed by atoms with Crippen LogP contribution in [0.3, 0.4) is 0 Å². The SMILES string of the molecule is CCOc1ccc(Cl)cc1S(=O)(=O)N1c2ccccc2C[C@H]1C. The van der Waals surface area contributed by atoms with Crippen molar-refractivity contribution in [3.8, 4) is 5.75 Å². The zero-order chi connectivity index (χ0) is 16.6. The minimum atomic E-state index is -3.75. The van der Waals surface area contributed by atoms with Gasteiger partial charge >= 0.3 is 0 Å². The highest BCUT2D eigenvalue weighted by atomic mass is 35.5. The summed E-state index contributed by atoms with van der Waals surface area (Å²) in [5.74, 6) is 0.327. The van der Waals surface area contributed by atoms with E-state index in [9.17, 15) is 8.42 Å². The van der Waals surface area contributed by atoms with Gasteiger partial charge in [-0.25, -0.2) is 8.42 Å². The van der Waals surface area contributed by atoms with Crippen LogP contribution >= 0.6 is 11.6 Å². The van der Waals surface area contributed by atoms with Gasteiger partial charge in [0.1, 0.15) is 10.6 Å². The quantitative estimate of drug-likeness (QED) is 0.839. The Morgan fingerprint density at radius 3 is 2.74 bits per heavy atom. The van der Waals surface area contributed by atoms with Gasteiger partial charge in [0.2, 0.25) is 0 Å². The molecule has 0 saturated heterocycles. The second-order valence-electron chi connectivity index (χ2n) is 5.51. The van der Waals surface area contributed by atoms with Crippen LogP contribution in [0.4, 0.5) is 5.69 Å². The molecule has 2 aromatic rings. The molecule has 0 fully saturated rings. The number of benzene rings is 2. The maximum absolute atomic E-state index is 13.2. The van der Waals surface area contributed by atoms with Gasteiger partial charge in [0, 0.05) is 11.1 Å². The summed E-state index contributed by atoms with van der Waals surface area (Å²) in [7, 11) is -3.75. The number of ether oxygens (including phenoxy) is 1. The van der Waals surface area contributed by atoms with E-state index in [1.807, 2.05) is 38.1 Å². The van der Waals surface area contributed by atoms with Gasteiger partial charge in [-0.15, -0.1) is 0 Å². The lowest BCUT2D eigenvalue weighted by Gasteiger charge is -2.25. The highest BCUT2D eigenvalue weighted by Gasteiger charge is 2.37. The van der Waals surface area contributed by atoms with Gasteiger partial charge in [0.15, 0.2) is 0 Å². The molecule has 0 unspecified atom stereocenters. The third-order valence-electron chi connectivity index (χ3n) is 3.89. The number of sulfonamides is 1. The molecule has 2 aromatic carbocycles. The van der Waals surface area contributed by atoms with Crippen LogP contribution in [0, 0.1) is 0 Å². The Hall–Kier alpha value is -1.72. The number of hydrogen-bond donors (Lipinski definition) is 0. The lowest BCUT2D eigenvalue weighted by Crippen LogP contribution is -2.36. The number of halogens is 1. The molecule has 0 radical (unpaired) electrons. The molecule has 0 amide bonds. The monoisotopic (exact) mass is 351 g/mol. The van der Waals surface area contributed by atoms with E-state index in [0.29, 0.717) is 23.8 Å². The van der Waals surface area contributed by atoms with E-state index in [4.69, 9.17) is 16.3 Å². The Balaban J connectivity index is 2.15. The fourth-order valence-corrected chi connectivity index (χ4v) is 5.06. The van der Waals surface area contributed by atoms with Gasteiger partial charge in [-0.05, 0) is 50.1 Å². The van der Waals surface area contributed by atoms with E-state index < -0.39 is 10.0 Å². The molecule has 0 saturated carbocycles. The van der Waals surface area contributed by atoms with Crippen molar-refractivity contribution in [3.63, 3.8) is 0 Å². The molecule has 3 rings (SSSR count). The van der Waals surface area contributed by atoms with Crippen molar-refractivity contribution in [1.29, 1.82) is 0 Å². The van der Waals surface area contributed by atoms with Crippen molar-refractivity contribution in [3.05, 3.63) is 53.1 Å². The van der Waals surface area contributed by atoms with Crippen LogP contribution < -0.4 is 9.04 Å². The Bertz CT molecular complexity index is 835. The average molecular weight is 352 g/mol. The Morgan fingerprint density at radius 2 is 2.00 bits per heavy atom. The molecule has 0 aromatic heterocycles. The van der Waals surface area contributed by atoms with Gasteiger partial charge in [-0.1, -0.05) is 29.8 Å². The smallest absolute Gasteiger partial charge is 0.268 e. The first-order valence-electron chi connectivity index (χ1n) is 7.50. The summed E-state index contributed by atoms with van der Waals surface area (Å²) >= 11 is 6.03. The maximum atomic E-state index is 13.2. The first-order chi connectivity index (χ1) is 10.9. The fourth-order valence-electron chi connectivity index (χ4n) is 2.97. The molecular weight excluding hydrogens is 334 g/mol. The highest BCUT2D eigenvalue weighted by molar-refractivity contribution is 7.93. The Labute approximate surface area is 141 Å². The second kappa shape index (κ2) is 6.06. The van der Waals surface area contributed by atoms with Crippen LogP contribution in [0.25, 0.3) is 0 Å². The summed E-state index contributed by atoms with van der Waals surface area (Å²) in [6.07, 6.45) is 0.694. The van der Waals surface area contributed by atoms with E-state index in [-0.39, 0.29) is 10.9 Å². The molecule has 4 nitrogen and oxygen atoms in total. The van der Waals surface area contributed by atoms with E-state index in [1.54, 1.807) is 12.1 Å². The molecule has 6 heteroatoms. The molecular formula is C17H18ClNO3S. The molecule has 23 heavy (non-hydrogen) atoms. The minimum Gasteiger partial charge on any atom is -0.492 e. The number of para-hydroxylation sites is 1. The summed E-state index contributed by atoms with van der Waals surface area (Å²) in [6, 6.07) is 12.1. The third-order valence-corrected chi connectivity index (χ3v) is 6.07. The number of fused-ring (bicyclic) bond motifs is 1. The zero-order valence-corrected chi connectivity index (χ0v) is 14.6. The summed E-state index contributed by atoms with van der Waals surface area (Å²) in [5.41, 5.74) is 1.76. The molecule has 1 heterocycles. The van der Waals surface area contributed by atoms with Gasteiger partial charge in [-0.2, -0.15) is 0 Å². The zero-order valence-electron chi connectivity index (χ0n) is 13.0. The van der Waals surface area contributed by atoms with Crippen LogP contribution in [-0.4, -0.2) is 21.1 Å². The summed E-state index contributed by atoms with van der Waals surface area (Å²) < 4.78 is 33.5. The number of rotatable bonds is 4. The van der Waals surface area contributed by atoms with Gasteiger partial charge in [0.25, 0.3) is 10.0 Å². The lowest BCUT2D eigenvalue weighted by molar-refractivity contribution is 0.331. The van der Waals surface area contributed by atoms with Crippen molar-refractivity contribution in [2.24, 2.45) is 0 Å². The van der Waals surface area contributed by atoms with Crippen LogP contribution in [0.5, 0.6) is 5.75 Å². The van der Waals surface area contributed by atoms with Crippen molar-refractivity contribution in [1.82, 2.24) is 0 Å². The van der Waals surface area contributed by atoms with E-state index in [2.05, 4.69) is 0 Å². The van der Waals surface area contributed by atoms with Crippen molar-refractivity contribution < 1.29 is 13.2 Å². The number of anilines is 1. The van der Waals surface area contributed by atoms with Crippen molar-refractivity contribution in [2.75, 3.05) is 10.9 Å². The summed E-state index contributed by atoms with van der Waals surface area (Å²) in [6.45, 7) is 4.11. The summed E-state index contributed by atoms with van der Waals surface area (Å²) in [4.78, 5) is 0.107. The van der Waals surface area contributed by atoms with E-state index in [1.165, 1.54) is 10.4 Å². The van der Waals surface area contributed by atoms with E-state index >= 15 is 0 Å². The Morgan fingerprint density at radius 1 is 1.26 bits per heavy atom. The van der Waals surface area contributed by atoms with Gasteiger partial charge < -0.3 is 4.74 Å². The minimum absolute atomic E-state index is 0.107. The predicted octanol–water partition coefficient (Wildman–Crippen LogP) is 3.88. The first kappa shape index (κ1) is 16.1. The molecule has 0 aliphatic carbocycles. The van der Waals surface area contributed by atoms with E-state index in [0.717, 1.165) is 11.3 Å². The average Bonchev–Trinajstić information content (AvgIpc) is 2.85. The standard InChI is InChI=1S/C17H18ClNO3S/c1-3-22-16-9-8-14(18)11-17(16)23(20,21)19-12(2)10-13-6-4-5-7-15(13)19/h4-9,11-12H,3,10H2,1-2H3/t12-/m1/s1. The molecule has 122 valence electrons. The van der Waals surface area contributed by atoms with Crippen molar-refractivity contribution in [2.45, 2.75) is 31.2 Å². The first-order valence-corrected chi connectivity index (χ1v) is 9.31. The third kappa shape index (κ3) is 2.79. The molecule has 0 bridgehead atoms. The molecule has 0 N–H and O–H groups in total. The lowest BCUT2D eigenvalue weighted by atomic mass is 10.1. The number of nitrogens with zero attached hydrogens (tertiary/aromatic N) is 1. The summed E-state index contributed by atoms with van der Waals surface area (Å²) in [5, 5.41) is 0.368. The van der Waals surface area contributed by atoms with Crippen LogP contribution in [0.2, 0.25) is 5.02 Å². The van der Waals surface area contributed by atoms with Crippen LogP contribution in [0.1, 0.15) is 19.4 Å². The second-order valence-corrected chi connectivity index (χ2v) is 7.73. The largest absolute Gasteiger partial charge is 0.492 e. The van der Waals surface area contributed by atoms with Crippen molar-refractivity contribution >= 4 is 27.3 Å². The molecule has 1 aliphatic heterocycles. The highest BCUT2D eigenvalue weighted by Crippen LogP contribution is 2.39. The number of hydrogen-bond acceptors (Lipinski definition) is 3. The van der Waals surface area contributed by atoms with Gasteiger partial charge in [-0.3, -0.25) is 4.31 Å². The Kier molecular flexibility index (Phi) is 4.25. The maximum Gasteiger partial charge on any atom is 0.268 e. The van der Waals surface area contributed by atoms with Crippen LogP contribution in [0.15, 0.2) is 47.4 Å². The predicted molar refractivity (Wildman–Crippen MR) is 91.9 cm³/mol. The molecule has 0 spiro atoms. The molecule has 1 atom stereocenters. The fraction of sp³-hybridized carbons (Fsp3) is 0.294. The topological polar surface area (TPSA) is 46.6 Å².